The van der Waals surface area contributed by atoms with E-state index in [9.17, 15) is 9.59 Å². The summed E-state index contributed by atoms with van der Waals surface area (Å²) < 4.78 is 0. The first-order chi connectivity index (χ1) is 15.1. The van der Waals surface area contributed by atoms with E-state index >= 15 is 0 Å². The molecule has 6 nitrogen and oxygen atoms in total. The number of carbonyl (C=O) groups is 2. The molecule has 1 aromatic carbocycles. The molecule has 3 fully saturated rings. The molecular weight excluding hydrogens is 388 g/mol. The summed E-state index contributed by atoms with van der Waals surface area (Å²) in [7, 11) is 0. The zero-order chi connectivity index (χ0) is 21.3. The van der Waals surface area contributed by atoms with Crippen molar-refractivity contribution in [3.05, 3.63) is 35.4 Å². The van der Waals surface area contributed by atoms with Crippen LogP contribution in [0.15, 0.2) is 24.3 Å². The molecule has 31 heavy (non-hydrogen) atoms. The highest BCUT2D eigenvalue weighted by atomic mass is 16.2. The van der Waals surface area contributed by atoms with E-state index in [4.69, 9.17) is 0 Å². The summed E-state index contributed by atoms with van der Waals surface area (Å²) in [6.07, 6.45) is 9.94. The van der Waals surface area contributed by atoms with Crippen LogP contribution in [0, 0.1) is 5.92 Å². The van der Waals surface area contributed by atoms with Crippen molar-refractivity contribution in [3.8, 4) is 0 Å². The number of amides is 3. The van der Waals surface area contributed by atoms with Crippen LogP contribution in [0.25, 0.3) is 0 Å². The molecule has 3 amide bonds. The summed E-state index contributed by atoms with van der Waals surface area (Å²) in [6.45, 7) is 6.13. The number of carbonyl (C=O) groups excluding carboxylic acids is 2. The number of piperidine rings is 1. The number of aryl methyl sites for hydroxylation is 1. The van der Waals surface area contributed by atoms with Gasteiger partial charge in [-0.25, -0.2) is 9.69 Å². The van der Waals surface area contributed by atoms with E-state index in [2.05, 4.69) is 33.3 Å². The molecule has 1 aromatic rings. The summed E-state index contributed by atoms with van der Waals surface area (Å²) in [5.74, 6) is 0.720. The minimum Gasteiger partial charge on any atom is -0.323 e. The largest absolute Gasteiger partial charge is 0.326 e. The first-order valence-corrected chi connectivity index (χ1v) is 12.3. The zero-order valence-corrected chi connectivity index (χ0v) is 18.7. The molecule has 5 rings (SSSR count). The van der Waals surface area contributed by atoms with Gasteiger partial charge in [-0.15, -0.1) is 0 Å². The molecule has 1 spiro atoms. The van der Waals surface area contributed by atoms with Crippen molar-refractivity contribution in [2.45, 2.75) is 63.3 Å². The van der Waals surface area contributed by atoms with Crippen molar-refractivity contribution in [1.82, 2.24) is 20.0 Å². The second kappa shape index (κ2) is 8.91. The number of hydrogen-bond acceptors (Lipinski definition) is 4. The lowest BCUT2D eigenvalue weighted by Gasteiger charge is -2.36. The minimum atomic E-state index is -0.740. The Labute approximate surface area is 185 Å². The lowest BCUT2D eigenvalue weighted by molar-refractivity contribution is -0.133. The first kappa shape index (κ1) is 21.0. The number of hydrogen-bond donors (Lipinski definition) is 1. The lowest BCUT2D eigenvalue weighted by atomic mass is 9.78. The number of benzene rings is 1. The third-order valence-corrected chi connectivity index (χ3v) is 7.94. The third kappa shape index (κ3) is 4.37. The number of nitrogens with one attached hydrogen (secondary N) is 1. The van der Waals surface area contributed by atoms with E-state index in [-0.39, 0.29) is 11.9 Å². The predicted molar refractivity (Wildman–Crippen MR) is 121 cm³/mol. The fourth-order valence-corrected chi connectivity index (χ4v) is 6.02. The Morgan fingerprint density at radius 3 is 2.35 bits per heavy atom. The van der Waals surface area contributed by atoms with Gasteiger partial charge in [-0.05, 0) is 68.7 Å². The molecule has 168 valence electrons. The predicted octanol–water partition coefficient (Wildman–Crippen LogP) is 3.01. The molecule has 1 unspecified atom stereocenters. The standard InChI is InChI=1S/C25H36N4O2/c30-23-25(12-9-21-7-3-4-8-22(21)17-25)26-24(31)29(23)19-28-15-10-20(11-16-28)18-27-13-5-1-2-6-14-27/h3-4,7-8,20H,1-2,5-6,9-19H2,(H,26,31). The SMILES string of the molecule is O=C1NC2(CCc3ccccc3C2)C(=O)N1CN1CCC(CN2CCCCCC2)CC1. The van der Waals surface area contributed by atoms with Gasteiger partial charge in [-0.1, -0.05) is 37.1 Å². The molecule has 3 saturated heterocycles. The van der Waals surface area contributed by atoms with Crippen LogP contribution in [-0.4, -0.2) is 71.6 Å². The zero-order valence-electron chi connectivity index (χ0n) is 18.7. The number of nitrogens with zero attached hydrogens (tertiary/aromatic N) is 3. The highest BCUT2D eigenvalue weighted by Crippen LogP contribution is 2.34. The van der Waals surface area contributed by atoms with E-state index in [0.29, 0.717) is 19.5 Å². The van der Waals surface area contributed by atoms with E-state index < -0.39 is 5.54 Å². The van der Waals surface area contributed by atoms with Crippen LogP contribution in [0.3, 0.4) is 0 Å². The minimum absolute atomic E-state index is 0.0290. The topological polar surface area (TPSA) is 55.9 Å². The van der Waals surface area contributed by atoms with Crippen molar-refractivity contribution in [3.63, 3.8) is 0 Å². The van der Waals surface area contributed by atoms with Gasteiger partial charge in [0.2, 0.25) is 0 Å². The summed E-state index contributed by atoms with van der Waals surface area (Å²) >= 11 is 0. The summed E-state index contributed by atoms with van der Waals surface area (Å²) in [5, 5.41) is 3.07. The monoisotopic (exact) mass is 424 g/mol. The maximum Gasteiger partial charge on any atom is 0.326 e. The van der Waals surface area contributed by atoms with Crippen LogP contribution in [0.5, 0.6) is 0 Å². The summed E-state index contributed by atoms with van der Waals surface area (Å²) in [5.41, 5.74) is 1.76. The van der Waals surface area contributed by atoms with Crippen molar-refractivity contribution in [2.75, 3.05) is 39.4 Å². The van der Waals surface area contributed by atoms with E-state index in [0.717, 1.165) is 25.4 Å². The van der Waals surface area contributed by atoms with Crippen molar-refractivity contribution >= 4 is 11.9 Å². The molecular formula is C25H36N4O2. The van der Waals surface area contributed by atoms with E-state index in [1.807, 2.05) is 6.07 Å². The highest BCUT2D eigenvalue weighted by molar-refractivity contribution is 6.07. The van der Waals surface area contributed by atoms with Crippen LogP contribution in [-0.2, 0) is 17.6 Å². The quantitative estimate of drug-likeness (QED) is 0.755. The second-order valence-corrected chi connectivity index (χ2v) is 10.1. The molecule has 0 bridgehead atoms. The molecule has 0 radical (unpaired) electrons. The van der Waals surface area contributed by atoms with Gasteiger partial charge in [0.05, 0.1) is 6.67 Å². The van der Waals surface area contributed by atoms with Crippen LogP contribution in [0.1, 0.15) is 56.1 Å². The van der Waals surface area contributed by atoms with Gasteiger partial charge in [0.25, 0.3) is 5.91 Å². The molecule has 3 heterocycles. The highest BCUT2D eigenvalue weighted by Gasteiger charge is 2.52. The van der Waals surface area contributed by atoms with E-state index in [1.54, 1.807) is 0 Å². The Bertz CT molecular complexity index is 811. The smallest absolute Gasteiger partial charge is 0.323 e. The first-order valence-electron chi connectivity index (χ1n) is 12.3. The van der Waals surface area contributed by atoms with Crippen molar-refractivity contribution in [2.24, 2.45) is 5.92 Å². The normalized spacial score (nSPS) is 28.6. The number of imide groups is 1. The Hall–Kier alpha value is -1.92. The molecule has 1 atom stereocenters. The van der Waals surface area contributed by atoms with Crippen LogP contribution in [0.4, 0.5) is 4.79 Å². The van der Waals surface area contributed by atoms with Gasteiger partial charge < -0.3 is 10.2 Å². The number of urea groups is 1. The Kier molecular flexibility index (Phi) is 6.02. The van der Waals surface area contributed by atoms with Crippen molar-refractivity contribution < 1.29 is 9.59 Å². The van der Waals surface area contributed by atoms with Crippen molar-refractivity contribution in [1.29, 1.82) is 0 Å². The van der Waals surface area contributed by atoms with Gasteiger partial charge in [0, 0.05) is 26.1 Å². The molecule has 4 aliphatic rings. The van der Waals surface area contributed by atoms with Crippen LogP contribution < -0.4 is 5.32 Å². The molecule has 0 saturated carbocycles. The van der Waals surface area contributed by atoms with Gasteiger partial charge in [0.1, 0.15) is 5.54 Å². The number of likely N-dealkylation sites (tertiary alicyclic amines) is 2. The average molecular weight is 425 g/mol. The number of rotatable bonds is 4. The summed E-state index contributed by atoms with van der Waals surface area (Å²) in [6, 6.07) is 8.09. The fraction of sp³-hybridized carbons (Fsp3) is 0.680. The summed E-state index contributed by atoms with van der Waals surface area (Å²) in [4.78, 5) is 32.5. The Morgan fingerprint density at radius 2 is 1.61 bits per heavy atom. The van der Waals surface area contributed by atoms with E-state index in [1.165, 1.54) is 74.2 Å². The molecule has 1 aliphatic carbocycles. The van der Waals surface area contributed by atoms with Crippen LogP contribution in [0.2, 0.25) is 0 Å². The Balaban J connectivity index is 1.15. The fourth-order valence-electron chi connectivity index (χ4n) is 6.02. The molecule has 6 heteroatoms. The maximum absolute atomic E-state index is 13.3. The lowest BCUT2D eigenvalue weighted by Crippen LogP contribution is -2.52. The third-order valence-electron chi connectivity index (χ3n) is 7.94. The second-order valence-electron chi connectivity index (χ2n) is 10.1. The maximum atomic E-state index is 13.3. The van der Waals surface area contributed by atoms with Gasteiger partial charge in [-0.3, -0.25) is 9.69 Å². The molecule has 1 N–H and O–H groups in total. The van der Waals surface area contributed by atoms with Crippen LogP contribution >= 0.6 is 0 Å². The Morgan fingerprint density at radius 1 is 0.903 bits per heavy atom. The molecule has 0 aromatic heterocycles. The molecule has 3 aliphatic heterocycles. The van der Waals surface area contributed by atoms with Gasteiger partial charge >= 0.3 is 6.03 Å². The van der Waals surface area contributed by atoms with Gasteiger partial charge in [-0.2, -0.15) is 0 Å². The van der Waals surface area contributed by atoms with Gasteiger partial charge in [0.15, 0.2) is 0 Å². The number of fused-ring (bicyclic) bond motifs is 1. The average Bonchev–Trinajstić information content (AvgIpc) is 2.97.